The van der Waals surface area contributed by atoms with E-state index in [2.05, 4.69) is 10.0 Å². The number of benzene rings is 3. The number of hydrogen-bond acceptors (Lipinski definition) is 4. The van der Waals surface area contributed by atoms with E-state index in [0.29, 0.717) is 28.3 Å². The first-order valence-corrected chi connectivity index (χ1v) is 13.8. The molecule has 0 aliphatic heterocycles. The van der Waals surface area contributed by atoms with E-state index in [1.54, 1.807) is 17.5 Å². The SMILES string of the molecule is Cc1ccc(-c2ccc(C)cc2C(=O)Nc2ccc3c(c2)CC(NS(=O)(=O)c2cccs2)C3)cc1. The summed E-state index contributed by atoms with van der Waals surface area (Å²) >= 11 is 1.21. The fraction of sp³-hybridized carbons (Fsp3) is 0.179. The van der Waals surface area contributed by atoms with E-state index in [4.69, 9.17) is 0 Å². The number of rotatable bonds is 6. The van der Waals surface area contributed by atoms with E-state index in [1.165, 1.54) is 16.9 Å². The van der Waals surface area contributed by atoms with E-state index < -0.39 is 10.0 Å². The van der Waals surface area contributed by atoms with Crippen LogP contribution in [0.2, 0.25) is 0 Å². The van der Waals surface area contributed by atoms with E-state index in [9.17, 15) is 13.2 Å². The van der Waals surface area contributed by atoms with Crippen molar-refractivity contribution in [2.45, 2.75) is 36.9 Å². The first-order chi connectivity index (χ1) is 16.8. The van der Waals surface area contributed by atoms with Crippen LogP contribution in [-0.2, 0) is 22.9 Å². The van der Waals surface area contributed by atoms with Crippen molar-refractivity contribution >= 4 is 33.0 Å². The highest BCUT2D eigenvalue weighted by molar-refractivity contribution is 7.91. The van der Waals surface area contributed by atoms with Crippen molar-refractivity contribution in [1.29, 1.82) is 0 Å². The van der Waals surface area contributed by atoms with Crippen LogP contribution in [0.3, 0.4) is 0 Å². The molecule has 1 amide bonds. The van der Waals surface area contributed by atoms with Crippen LogP contribution in [0.25, 0.3) is 11.1 Å². The van der Waals surface area contributed by atoms with Crippen LogP contribution >= 0.6 is 11.3 Å². The largest absolute Gasteiger partial charge is 0.322 e. The zero-order valence-corrected chi connectivity index (χ0v) is 21.2. The first-order valence-electron chi connectivity index (χ1n) is 11.5. The Morgan fingerprint density at radius 3 is 2.37 bits per heavy atom. The van der Waals surface area contributed by atoms with Gasteiger partial charge >= 0.3 is 0 Å². The molecule has 0 radical (unpaired) electrons. The minimum absolute atomic E-state index is 0.169. The number of nitrogens with one attached hydrogen (secondary N) is 2. The summed E-state index contributed by atoms with van der Waals surface area (Å²) in [5.74, 6) is -0.169. The minimum Gasteiger partial charge on any atom is -0.322 e. The zero-order valence-electron chi connectivity index (χ0n) is 19.5. The van der Waals surface area contributed by atoms with Crippen LogP contribution in [0.5, 0.6) is 0 Å². The molecule has 0 spiro atoms. The Morgan fingerprint density at radius 1 is 0.886 bits per heavy atom. The summed E-state index contributed by atoms with van der Waals surface area (Å²) in [4.78, 5) is 13.3. The summed E-state index contributed by atoms with van der Waals surface area (Å²) in [5, 5.41) is 4.80. The number of carbonyl (C=O) groups is 1. The van der Waals surface area contributed by atoms with Crippen LogP contribution in [-0.4, -0.2) is 20.4 Å². The molecule has 0 saturated carbocycles. The lowest BCUT2D eigenvalue weighted by Crippen LogP contribution is -2.34. The number of thiophene rings is 1. The summed E-state index contributed by atoms with van der Waals surface area (Å²) in [7, 11) is -3.52. The summed E-state index contributed by atoms with van der Waals surface area (Å²) in [6, 6.07) is 23.0. The third-order valence-electron chi connectivity index (χ3n) is 6.26. The molecule has 4 aromatic rings. The Morgan fingerprint density at radius 2 is 1.63 bits per heavy atom. The number of hydrogen-bond donors (Lipinski definition) is 2. The lowest BCUT2D eigenvalue weighted by Gasteiger charge is -2.13. The van der Waals surface area contributed by atoms with Gasteiger partial charge in [-0.2, -0.15) is 0 Å². The molecule has 0 fully saturated rings. The maximum absolute atomic E-state index is 13.3. The molecular formula is C28H26N2O3S2. The fourth-order valence-electron chi connectivity index (χ4n) is 4.50. The number of aryl methyl sites for hydroxylation is 2. The summed E-state index contributed by atoms with van der Waals surface area (Å²) < 4.78 is 28.4. The number of anilines is 1. The molecule has 0 bridgehead atoms. The molecule has 1 aliphatic carbocycles. The smallest absolute Gasteiger partial charge is 0.256 e. The monoisotopic (exact) mass is 502 g/mol. The van der Waals surface area contributed by atoms with Gasteiger partial charge in [0, 0.05) is 17.3 Å². The highest BCUT2D eigenvalue weighted by atomic mass is 32.2. The Hall–Kier alpha value is -3.26. The highest BCUT2D eigenvalue weighted by Crippen LogP contribution is 2.29. The van der Waals surface area contributed by atoms with Gasteiger partial charge in [0.05, 0.1) is 0 Å². The van der Waals surface area contributed by atoms with E-state index in [-0.39, 0.29) is 11.9 Å². The second-order valence-electron chi connectivity index (χ2n) is 9.01. The quantitative estimate of drug-likeness (QED) is 0.354. The van der Waals surface area contributed by atoms with Crippen LogP contribution in [0.1, 0.15) is 32.6 Å². The Kier molecular flexibility index (Phi) is 6.32. The molecule has 1 atom stereocenters. The van der Waals surface area contributed by atoms with E-state index in [1.807, 2.05) is 74.5 Å². The van der Waals surface area contributed by atoms with Crippen LogP contribution < -0.4 is 10.0 Å². The molecule has 0 saturated heterocycles. The second-order valence-corrected chi connectivity index (χ2v) is 11.9. The molecule has 5 rings (SSSR count). The van der Waals surface area contributed by atoms with E-state index >= 15 is 0 Å². The summed E-state index contributed by atoms with van der Waals surface area (Å²) in [6.07, 6.45) is 1.21. The minimum atomic E-state index is -3.52. The van der Waals surface area contributed by atoms with Gasteiger partial charge < -0.3 is 5.32 Å². The molecule has 178 valence electrons. The van der Waals surface area contributed by atoms with Crippen molar-refractivity contribution < 1.29 is 13.2 Å². The first kappa shape index (κ1) is 23.5. The van der Waals surface area contributed by atoms with Crippen molar-refractivity contribution in [2.24, 2.45) is 0 Å². The predicted molar refractivity (Wildman–Crippen MR) is 142 cm³/mol. The molecule has 5 nitrogen and oxygen atoms in total. The Bertz CT molecular complexity index is 1490. The molecule has 1 heterocycles. The van der Waals surface area contributed by atoms with Crippen molar-refractivity contribution in [3.8, 4) is 11.1 Å². The lowest BCUT2D eigenvalue weighted by atomic mass is 9.96. The van der Waals surface area contributed by atoms with Crippen molar-refractivity contribution in [2.75, 3.05) is 5.32 Å². The summed E-state index contributed by atoms with van der Waals surface area (Å²) in [6.45, 7) is 4.01. The molecule has 1 aliphatic rings. The van der Waals surface area contributed by atoms with Gasteiger partial charge in [0.2, 0.25) is 10.0 Å². The topological polar surface area (TPSA) is 75.3 Å². The van der Waals surface area contributed by atoms with Gasteiger partial charge in [-0.15, -0.1) is 11.3 Å². The number of amides is 1. The average Bonchev–Trinajstić information content (AvgIpc) is 3.49. The lowest BCUT2D eigenvalue weighted by molar-refractivity contribution is 0.102. The molecule has 1 aromatic heterocycles. The molecule has 2 N–H and O–H groups in total. The number of carbonyl (C=O) groups excluding carboxylic acids is 1. The molecule has 3 aromatic carbocycles. The maximum atomic E-state index is 13.3. The standard InChI is InChI=1S/C28H26N2O3S2/c1-18-5-8-20(9-6-18)25-12-7-19(2)14-26(25)28(31)29-23-11-10-21-15-24(17-22(21)16-23)30-35(32,33)27-4-3-13-34-27/h3-14,16,24,30H,15,17H2,1-2H3,(H,29,31). The van der Waals surface area contributed by atoms with E-state index in [0.717, 1.165) is 27.8 Å². The second kappa shape index (κ2) is 9.41. The van der Waals surface area contributed by atoms with Crippen LogP contribution in [0.15, 0.2) is 82.4 Å². The van der Waals surface area contributed by atoms with Crippen molar-refractivity contribution in [3.05, 3.63) is 106 Å². The summed E-state index contributed by atoms with van der Waals surface area (Å²) in [5.41, 5.74) is 7.53. The van der Waals surface area contributed by atoms with Crippen LogP contribution in [0.4, 0.5) is 5.69 Å². The fourth-order valence-corrected chi connectivity index (χ4v) is 6.75. The van der Waals surface area contributed by atoms with Gasteiger partial charge in [-0.1, -0.05) is 59.7 Å². The van der Waals surface area contributed by atoms with Crippen molar-refractivity contribution in [3.63, 3.8) is 0 Å². The molecule has 35 heavy (non-hydrogen) atoms. The molecule has 7 heteroatoms. The van der Waals surface area contributed by atoms with Gasteiger partial charge in [-0.05, 0) is 78.6 Å². The third-order valence-corrected chi connectivity index (χ3v) is 9.18. The maximum Gasteiger partial charge on any atom is 0.256 e. The zero-order chi connectivity index (χ0) is 24.6. The van der Waals surface area contributed by atoms with Gasteiger partial charge in [0.25, 0.3) is 5.91 Å². The Balaban J connectivity index is 1.34. The predicted octanol–water partition coefficient (Wildman–Crippen LogP) is 5.73. The highest BCUT2D eigenvalue weighted by Gasteiger charge is 2.27. The Labute approximate surface area is 209 Å². The third kappa shape index (κ3) is 5.07. The van der Waals surface area contributed by atoms with Crippen LogP contribution in [0, 0.1) is 13.8 Å². The molecule has 1 unspecified atom stereocenters. The number of sulfonamides is 1. The van der Waals surface area contributed by atoms with Gasteiger partial charge in [0.15, 0.2) is 0 Å². The van der Waals surface area contributed by atoms with Crippen molar-refractivity contribution in [1.82, 2.24) is 4.72 Å². The average molecular weight is 503 g/mol. The van der Waals surface area contributed by atoms with Gasteiger partial charge in [-0.25, -0.2) is 13.1 Å². The van der Waals surface area contributed by atoms with Gasteiger partial charge in [-0.3, -0.25) is 4.79 Å². The number of fused-ring (bicyclic) bond motifs is 1. The normalized spacial score (nSPS) is 15.1. The van der Waals surface area contributed by atoms with Gasteiger partial charge in [0.1, 0.15) is 4.21 Å². The molecular weight excluding hydrogens is 476 g/mol.